The average molecular weight is 537 g/mol. The Labute approximate surface area is 219 Å². The minimum Gasteiger partial charge on any atom is -0.367 e. The maximum absolute atomic E-state index is 13.1. The van der Waals surface area contributed by atoms with Crippen LogP contribution in [-0.4, -0.2) is 76.8 Å². The molecule has 1 N–H and O–H groups in total. The molecule has 0 bridgehead atoms. The smallest absolute Gasteiger partial charge is 0.367 e. The van der Waals surface area contributed by atoms with E-state index in [0.29, 0.717) is 18.7 Å². The lowest BCUT2D eigenvalue weighted by atomic mass is 10.1. The van der Waals surface area contributed by atoms with Gasteiger partial charge in [-0.15, -0.1) is 0 Å². The first-order chi connectivity index (χ1) is 18.1. The fourth-order valence-electron chi connectivity index (χ4n) is 6.19. The van der Waals surface area contributed by atoms with Gasteiger partial charge in [0, 0.05) is 69.7 Å². The third-order valence-corrected chi connectivity index (χ3v) is 8.04. The molecular formula is C26H35F3N6O3. The summed E-state index contributed by atoms with van der Waals surface area (Å²) in [6.07, 6.45) is -0.474. The topological polar surface area (TPSA) is 86.8 Å². The Hall–Kier alpha value is -2.86. The molecule has 12 heteroatoms. The van der Waals surface area contributed by atoms with Gasteiger partial charge in [-0.2, -0.15) is 13.2 Å². The van der Waals surface area contributed by atoms with Crippen molar-refractivity contribution in [3.8, 4) is 0 Å². The van der Waals surface area contributed by atoms with Gasteiger partial charge in [-0.3, -0.25) is 19.4 Å². The second-order valence-corrected chi connectivity index (χ2v) is 10.7. The summed E-state index contributed by atoms with van der Waals surface area (Å²) in [5.74, 6) is 0.722. The van der Waals surface area contributed by atoms with Crippen molar-refractivity contribution in [1.29, 1.82) is 0 Å². The third-order valence-electron chi connectivity index (χ3n) is 8.04. The standard InChI is InChI=1S/C26H35F3N6O3/c1-17-25(18(2)38-31-17)33-7-3-4-21(6-9-33)34-8-5-20(14-34)30-23(36)16-32-10-11-35-22(15-32)12-19(13-24(35)37)26(27,28)29/h12-13,20-21H,3-11,14-16H2,1-2H3,(H,30,36). The fraction of sp³-hybridized carbons (Fsp3) is 0.654. The van der Waals surface area contributed by atoms with E-state index in [9.17, 15) is 22.8 Å². The molecule has 0 aromatic carbocycles. The molecular weight excluding hydrogens is 501 g/mol. The molecule has 208 valence electrons. The number of nitrogens with zero attached hydrogens (tertiary/aromatic N) is 5. The van der Waals surface area contributed by atoms with Crippen molar-refractivity contribution in [3.63, 3.8) is 0 Å². The van der Waals surface area contributed by atoms with Crippen molar-refractivity contribution in [2.24, 2.45) is 0 Å². The highest BCUT2D eigenvalue weighted by molar-refractivity contribution is 5.78. The molecule has 38 heavy (non-hydrogen) atoms. The number of likely N-dealkylation sites (tertiary alicyclic amines) is 1. The maximum Gasteiger partial charge on any atom is 0.416 e. The molecule has 2 fully saturated rings. The molecule has 1 amide bonds. The van der Waals surface area contributed by atoms with Crippen molar-refractivity contribution in [2.75, 3.05) is 44.2 Å². The highest BCUT2D eigenvalue weighted by atomic mass is 19.4. The molecule has 3 aliphatic rings. The summed E-state index contributed by atoms with van der Waals surface area (Å²) < 4.78 is 46.1. The summed E-state index contributed by atoms with van der Waals surface area (Å²) in [7, 11) is 0. The Morgan fingerprint density at radius 1 is 1.11 bits per heavy atom. The number of alkyl halides is 3. The monoisotopic (exact) mass is 536 g/mol. The molecule has 0 saturated carbocycles. The minimum absolute atomic E-state index is 0.0564. The molecule has 5 heterocycles. The number of aryl methyl sites for hydroxylation is 2. The van der Waals surface area contributed by atoms with E-state index in [1.165, 1.54) is 4.57 Å². The van der Waals surface area contributed by atoms with Gasteiger partial charge in [-0.1, -0.05) is 5.16 Å². The van der Waals surface area contributed by atoms with Gasteiger partial charge in [-0.25, -0.2) is 0 Å². The van der Waals surface area contributed by atoms with Crippen LogP contribution in [0, 0.1) is 13.8 Å². The number of aromatic nitrogens is 2. The summed E-state index contributed by atoms with van der Waals surface area (Å²) >= 11 is 0. The van der Waals surface area contributed by atoms with Crippen LogP contribution in [0.25, 0.3) is 0 Å². The molecule has 5 rings (SSSR count). The number of anilines is 1. The van der Waals surface area contributed by atoms with Gasteiger partial charge in [0.15, 0.2) is 5.76 Å². The molecule has 2 atom stereocenters. The Morgan fingerprint density at radius 2 is 1.92 bits per heavy atom. The average Bonchev–Trinajstić information content (AvgIpc) is 3.36. The van der Waals surface area contributed by atoms with E-state index >= 15 is 0 Å². The lowest BCUT2D eigenvalue weighted by Crippen LogP contribution is -2.47. The van der Waals surface area contributed by atoms with Gasteiger partial charge in [0.2, 0.25) is 5.91 Å². The van der Waals surface area contributed by atoms with Gasteiger partial charge in [0.25, 0.3) is 5.56 Å². The third kappa shape index (κ3) is 5.75. The van der Waals surface area contributed by atoms with E-state index < -0.39 is 17.3 Å². The minimum atomic E-state index is -4.58. The largest absolute Gasteiger partial charge is 0.416 e. The first kappa shape index (κ1) is 26.7. The van der Waals surface area contributed by atoms with Gasteiger partial charge in [-0.05, 0) is 45.6 Å². The Bertz CT molecular complexity index is 1210. The van der Waals surface area contributed by atoms with Crippen LogP contribution in [0.5, 0.6) is 0 Å². The number of rotatable bonds is 5. The predicted octanol–water partition coefficient (Wildman–Crippen LogP) is 2.54. The van der Waals surface area contributed by atoms with E-state index in [1.54, 1.807) is 4.90 Å². The van der Waals surface area contributed by atoms with E-state index in [-0.39, 0.29) is 37.3 Å². The summed E-state index contributed by atoms with van der Waals surface area (Å²) in [6, 6.07) is 2.17. The van der Waals surface area contributed by atoms with Crippen LogP contribution in [0.3, 0.4) is 0 Å². The van der Waals surface area contributed by atoms with E-state index in [1.807, 2.05) is 13.8 Å². The molecule has 2 aromatic heterocycles. The number of carbonyl (C=O) groups excluding carboxylic acids is 1. The van der Waals surface area contributed by atoms with Crippen LogP contribution >= 0.6 is 0 Å². The van der Waals surface area contributed by atoms with Crippen LogP contribution in [0.4, 0.5) is 18.9 Å². The number of amides is 1. The Morgan fingerprint density at radius 3 is 2.66 bits per heavy atom. The predicted molar refractivity (Wildman–Crippen MR) is 135 cm³/mol. The van der Waals surface area contributed by atoms with E-state index in [0.717, 1.165) is 75.1 Å². The normalized spacial score (nSPS) is 23.3. The lowest BCUT2D eigenvalue weighted by Gasteiger charge is -2.30. The van der Waals surface area contributed by atoms with Crippen molar-refractivity contribution < 1.29 is 22.5 Å². The highest BCUT2D eigenvalue weighted by Gasteiger charge is 2.34. The number of hydrogen-bond donors (Lipinski definition) is 1. The number of carbonyl (C=O) groups is 1. The first-order valence-electron chi connectivity index (χ1n) is 13.3. The van der Waals surface area contributed by atoms with Gasteiger partial charge in [0.05, 0.1) is 12.1 Å². The number of nitrogens with one attached hydrogen (secondary N) is 1. The zero-order valence-electron chi connectivity index (χ0n) is 21.9. The molecule has 0 radical (unpaired) electrons. The van der Waals surface area contributed by atoms with Gasteiger partial charge in [0.1, 0.15) is 11.4 Å². The van der Waals surface area contributed by atoms with Gasteiger partial charge < -0.3 is 19.3 Å². The van der Waals surface area contributed by atoms with Crippen LogP contribution in [0.2, 0.25) is 0 Å². The molecule has 0 aliphatic carbocycles. The zero-order chi connectivity index (χ0) is 27.0. The highest BCUT2D eigenvalue weighted by Crippen LogP contribution is 2.30. The van der Waals surface area contributed by atoms with Gasteiger partial charge >= 0.3 is 6.18 Å². The molecule has 0 spiro atoms. The Kier molecular flexibility index (Phi) is 7.54. The molecule has 9 nitrogen and oxygen atoms in total. The van der Waals surface area contributed by atoms with Crippen molar-refractivity contribution in [1.82, 2.24) is 24.8 Å². The number of pyridine rings is 1. The number of hydrogen-bond acceptors (Lipinski definition) is 7. The van der Waals surface area contributed by atoms with Crippen LogP contribution < -0.4 is 15.8 Å². The maximum atomic E-state index is 13.1. The van der Waals surface area contributed by atoms with Crippen LogP contribution in [0.1, 0.15) is 48.4 Å². The van der Waals surface area contributed by atoms with Crippen molar-refractivity contribution in [2.45, 2.75) is 70.9 Å². The lowest BCUT2D eigenvalue weighted by molar-refractivity contribution is -0.138. The summed E-state index contributed by atoms with van der Waals surface area (Å²) in [6.45, 7) is 8.51. The van der Waals surface area contributed by atoms with Crippen molar-refractivity contribution >= 4 is 11.6 Å². The first-order valence-corrected chi connectivity index (χ1v) is 13.3. The SMILES string of the molecule is Cc1noc(C)c1N1CCCC(N2CCC(NC(=O)CN3CCn4c(cc(C(F)(F)F)cc4=O)C3)C2)CC1. The molecule has 3 aliphatic heterocycles. The van der Waals surface area contributed by atoms with Crippen LogP contribution in [-0.2, 0) is 24.1 Å². The Balaban J connectivity index is 1.11. The number of halogens is 3. The van der Waals surface area contributed by atoms with Crippen LogP contribution in [0.15, 0.2) is 21.5 Å². The second-order valence-electron chi connectivity index (χ2n) is 10.7. The van der Waals surface area contributed by atoms with E-state index in [4.69, 9.17) is 4.52 Å². The summed E-state index contributed by atoms with van der Waals surface area (Å²) in [5, 5.41) is 7.22. The number of fused-ring (bicyclic) bond motifs is 1. The summed E-state index contributed by atoms with van der Waals surface area (Å²) in [4.78, 5) is 31.6. The summed E-state index contributed by atoms with van der Waals surface area (Å²) in [5.41, 5.74) is 0.722. The van der Waals surface area contributed by atoms with Crippen molar-refractivity contribution in [3.05, 3.63) is 45.2 Å². The zero-order valence-corrected chi connectivity index (χ0v) is 21.9. The molecule has 2 aromatic rings. The fourth-order valence-corrected chi connectivity index (χ4v) is 6.19. The quantitative estimate of drug-likeness (QED) is 0.629. The second kappa shape index (κ2) is 10.7. The molecule has 2 saturated heterocycles. The van der Waals surface area contributed by atoms with E-state index in [2.05, 4.69) is 20.3 Å². The molecule has 2 unspecified atom stereocenters.